The Balaban J connectivity index is 2.33. The molecular formula is C15H22BrNO. The third kappa shape index (κ3) is 2.79. The first-order chi connectivity index (χ1) is 8.54. The monoisotopic (exact) mass is 311 g/mol. The number of rotatable bonds is 3. The molecule has 3 heteroatoms. The maximum absolute atomic E-state index is 11.2. The largest absolute Gasteiger partial charge is 0.385 e. The summed E-state index contributed by atoms with van der Waals surface area (Å²) in [5, 5.41) is 11.2. The molecule has 1 saturated carbocycles. The number of halogens is 1. The van der Waals surface area contributed by atoms with Crippen LogP contribution < -0.4 is 0 Å². The highest BCUT2D eigenvalue weighted by Gasteiger charge is 2.41. The van der Waals surface area contributed by atoms with Crippen molar-refractivity contribution >= 4 is 15.9 Å². The van der Waals surface area contributed by atoms with Gasteiger partial charge in [-0.2, -0.15) is 0 Å². The van der Waals surface area contributed by atoms with Gasteiger partial charge in [-0.15, -0.1) is 0 Å². The van der Waals surface area contributed by atoms with Crippen LogP contribution in [0.3, 0.4) is 0 Å². The first kappa shape index (κ1) is 14.0. The van der Waals surface area contributed by atoms with Gasteiger partial charge >= 0.3 is 0 Å². The fourth-order valence-corrected chi connectivity index (χ4v) is 3.71. The number of benzene rings is 1. The van der Waals surface area contributed by atoms with Crippen LogP contribution in [0.25, 0.3) is 0 Å². The molecular weight excluding hydrogens is 290 g/mol. The van der Waals surface area contributed by atoms with Gasteiger partial charge in [0.25, 0.3) is 0 Å². The van der Waals surface area contributed by atoms with Crippen LogP contribution in [0.15, 0.2) is 28.7 Å². The molecule has 18 heavy (non-hydrogen) atoms. The Kier molecular flexibility index (Phi) is 4.46. The maximum Gasteiger partial charge on any atom is 0.0947 e. The fraction of sp³-hybridized carbons (Fsp3) is 0.600. The third-order valence-electron chi connectivity index (χ3n) is 3.96. The Bertz CT molecular complexity index is 407. The van der Waals surface area contributed by atoms with Crippen LogP contribution in [0, 0.1) is 5.92 Å². The summed E-state index contributed by atoms with van der Waals surface area (Å²) in [5.74, 6) is 0.319. The third-order valence-corrected chi connectivity index (χ3v) is 4.65. The van der Waals surface area contributed by atoms with Gasteiger partial charge in [-0.3, -0.25) is 0 Å². The zero-order valence-corrected chi connectivity index (χ0v) is 12.8. The predicted molar refractivity (Wildman–Crippen MR) is 78.6 cm³/mol. The maximum atomic E-state index is 11.2. The van der Waals surface area contributed by atoms with E-state index < -0.39 is 5.60 Å². The van der Waals surface area contributed by atoms with Gasteiger partial charge in [0.05, 0.1) is 5.60 Å². The summed E-state index contributed by atoms with van der Waals surface area (Å²) in [6.45, 7) is 0.942. The van der Waals surface area contributed by atoms with Gasteiger partial charge < -0.3 is 10.0 Å². The van der Waals surface area contributed by atoms with E-state index in [0.29, 0.717) is 5.92 Å². The second-order valence-corrected chi connectivity index (χ2v) is 6.46. The average molecular weight is 312 g/mol. The van der Waals surface area contributed by atoms with E-state index in [2.05, 4.69) is 41.0 Å². The van der Waals surface area contributed by atoms with E-state index in [1.165, 1.54) is 6.42 Å². The van der Waals surface area contributed by atoms with E-state index in [0.717, 1.165) is 35.8 Å². The summed E-state index contributed by atoms with van der Waals surface area (Å²) >= 11 is 3.59. The summed E-state index contributed by atoms with van der Waals surface area (Å²) in [5.41, 5.74) is 0.374. The van der Waals surface area contributed by atoms with Crippen LogP contribution in [0.2, 0.25) is 0 Å². The molecule has 1 aromatic rings. The topological polar surface area (TPSA) is 23.5 Å². The van der Waals surface area contributed by atoms with E-state index in [-0.39, 0.29) is 0 Å². The highest BCUT2D eigenvalue weighted by molar-refractivity contribution is 9.10. The number of nitrogens with zero attached hydrogens (tertiary/aromatic N) is 1. The highest BCUT2D eigenvalue weighted by Crippen LogP contribution is 2.44. The van der Waals surface area contributed by atoms with Crippen LogP contribution in [-0.2, 0) is 5.60 Å². The van der Waals surface area contributed by atoms with Gasteiger partial charge in [-0.1, -0.05) is 47.0 Å². The van der Waals surface area contributed by atoms with Crippen LogP contribution in [0.1, 0.15) is 31.2 Å². The molecule has 1 aliphatic carbocycles. The van der Waals surface area contributed by atoms with Crippen molar-refractivity contribution in [3.63, 3.8) is 0 Å². The van der Waals surface area contributed by atoms with Crippen molar-refractivity contribution < 1.29 is 5.11 Å². The first-order valence-electron chi connectivity index (χ1n) is 6.66. The molecule has 0 aliphatic heterocycles. The molecule has 0 spiro atoms. The van der Waals surface area contributed by atoms with Gasteiger partial charge in [0, 0.05) is 16.9 Å². The molecule has 1 N–H and O–H groups in total. The quantitative estimate of drug-likeness (QED) is 0.925. The predicted octanol–water partition coefficient (Wildman–Crippen LogP) is 3.39. The van der Waals surface area contributed by atoms with Gasteiger partial charge in [0.2, 0.25) is 0 Å². The Morgan fingerprint density at radius 3 is 2.72 bits per heavy atom. The van der Waals surface area contributed by atoms with Crippen molar-refractivity contribution in [2.75, 3.05) is 20.6 Å². The summed E-state index contributed by atoms with van der Waals surface area (Å²) in [7, 11) is 4.16. The van der Waals surface area contributed by atoms with Crippen LogP contribution in [-0.4, -0.2) is 30.6 Å². The lowest BCUT2D eigenvalue weighted by atomic mass is 9.71. The smallest absolute Gasteiger partial charge is 0.0947 e. The molecule has 0 saturated heterocycles. The second-order valence-electron chi connectivity index (χ2n) is 5.61. The SMILES string of the molecule is CN(C)CC1CCCCC1(O)c1ccccc1Br. The molecule has 1 aliphatic rings. The molecule has 2 atom stereocenters. The van der Waals surface area contributed by atoms with E-state index >= 15 is 0 Å². The van der Waals surface area contributed by atoms with Crippen molar-refractivity contribution in [1.29, 1.82) is 0 Å². The molecule has 2 nitrogen and oxygen atoms in total. The zero-order valence-electron chi connectivity index (χ0n) is 11.2. The van der Waals surface area contributed by atoms with Gasteiger partial charge in [-0.25, -0.2) is 0 Å². The fourth-order valence-electron chi connectivity index (χ4n) is 3.08. The van der Waals surface area contributed by atoms with Crippen molar-refractivity contribution in [1.82, 2.24) is 4.90 Å². The number of hydrogen-bond acceptors (Lipinski definition) is 2. The molecule has 0 aromatic heterocycles. The van der Waals surface area contributed by atoms with Crippen LogP contribution in [0.4, 0.5) is 0 Å². The van der Waals surface area contributed by atoms with Gasteiger partial charge in [0.1, 0.15) is 0 Å². The summed E-state index contributed by atoms with van der Waals surface area (Å²) < 4.78 is 1.03. The van der Waals surface area contributed by atoms with Gasteiger partial charge in [0.15, 0.2) is 0 Å². The lowest BCUT2D eigenvalue weighted by Crippen LogP contribution is -2.43. The first-order valence-corrected chi connectivity index (χ1v) is 7.45. The molecule has 1 fully saturated rings. The Morgan fingerprint density at radius 2 is 2.06 bits per heavy atom. The number of aliphatic hydroxyl groups is 1. The second kappa shape index (κ2) is 5.72. The van der Waals surface area contributed by atoms with Crippen molar-refractivity contribution in [3.05, 3.63) is 34.3 Å². The molecule has 0 radical (unpaired) electrons. The minimum atomic E-state index is -0.678. The summed E-state index contributed by atoms with van der Waals surface area (Å²) in [6.07, 6.45) is 4.32. The molecule has 0 heterocycles. The Hall–Kier alpha value is -0.380. The minimum absolute atomic E-state index is 0.319. The molecule has 2 unspecified atom stereocenters. The minimum Gasteiger partial charge on any atom is -0.385 e. The molecule has 1 aromatic carbocycles. The lowest BCUT2D eigenvalue weighted by Gasteiger charge is -2.42. The summed E-state index contributed by atoms with van der Waals surface area (Å²) in [6, 6.07) is 8.09. The van der Waals surface area contributed by atoms with Crippen molar-refractivity contribution in [3.8, 4) is 0 Å². The average Bonchev–Trinajstić information content (AvgIpc) is 2.32. The van der Waals surface area contributed by atoms with E-state index in [1.54, 1.807) is 0 Å². The number of hydrogen-bond donors (Lipinski definition) is 1. The van der Waals surface area contributed by atoms with E-state index in [1.807, 2.05) is 18.2 Å². The van der Waals surface area contributed by atoms with Crippen molar-refractivity contribution in [2.24, 2.45) is 5.92 Å². The standard InChI is InChI=1S/C15H22BrNO/c1-17(2)11-12-7-5-6-10-15(12,18)13-8-3-4-9-14(13)16/h3-4,8-9,12,18H,5-7,10-11H2,1-2H3. The van der Waals surface area contributed by atoms with Crippen LogP contribution >= 0.6 is 15.9 Å². The lowest BCUT2D eigenvalue weighted by molar-refractivity contribution is -0.0624. The van der Waals surface area contributed by atoms with E-state index in [9.17, 15) is 5.11 Å². The summed E-state index contributed by atoms with van der Waals surface area (Å²) in [4.78, 5) is 2.18. The Morgan fingerprint density at radius 1 is 1.33 bits per heavy atom. The molecule has 100 valence electrons. The molecule has 2 rings (SSSR count). The normalized spacial score (nSPS) is 28.6. The van der Waals surface area contributed by atoms with Crippen molar-refractivity contribution in [2.45, 2.75) is 31.3 Å². The van der Waals surface area contributed by atoms with E-state index in [4.69, 9.17) is 0 Å². The zero-order chi connectivity index (χ0) is 13.2. The van der Waals surface area contributed by atoms with Crippen LogP contribution in [0.5, 0.6) is 0 Å². The highest BCUT2D eigenvalue weighted by atomic mass is 79.9. The molecule has 0 bridgehead atoms. The van der Waals surface area contributed by atoms with Gasteiger partial charge in [-0.05, 0) is 38.6 Å². The Labute approximate surface area is 118 Å². The molecule has 0 amide bonds.